The van der Waals surface area contributed by atoms with Crippen LogP contribution in [0.25, 0.3) is 0 Å². The molecule has 1 saturated heterocycles. The van der Waals surface area contributed by atoms with E-state index < -0.39 is 63.7 Å². The maximum Gasteiger partial charge on any atom is 0.418 e. The lowest BCUT2D eigenvalue weighted by molar-refractivity contribution is -0.137. The molecule has 2 aliphatic rings. The Labute approximate surface area is 275 Å². The number of nitrogens with zero attached hydrogens (tertiary/aromatic N) is 2. The molecule has 3 aromatic carbocycles. The molecule has 0 radical (unpaired) electrons. The van der Waals surface area contributed by atoms with E-state index in [1.165, 1.54) is 16.7 Å². The summed E-state index contributed by atoms with van der Waals surface area (Å²) in [7, 11) is 0. The van der Waals surface area contributed by atoms with Gasteiger partial charge in [0.05, 0.1) is 27.9 Å². The average molecular weight is 686 g/mol. The second-order valence-corrected chi connectivity index (χ2v) is 14.7. The van der Waals surface area contributed by atoms with Gasteiger partial charge < -0.3 is 5.32 Å². The highest BCUT2D eigenvalue weighted by atomic mass is 35.5. The second-order valence-electron chi connectivity index (χ2n) is 12.1. The Morgan fingerprint density at radius 2 is 1.57 bits per heavy atom. The van der Waals surface area contributed by atoms with Crippen molar-refractivity contribution in [3.8, 4) is 0 Å². The van der Waals surface area contributed by atoms with Gasteiger partial charge >= 0.3 is 11.0 Å². The fourth-order valence-corrected chi connectivity index (χ4v) is 8.72. The summed E-state index contributed by atoms with van der Waals surface area (Å²) in [5.74, 6) is -3.27. The lowest BCUT2D eigenvalue weighted by atomic mass is 9.81. The molecule has 0 aliphatic carbocycles. The number of hydrogen-bond donors (Lipinski definition) is 1. The first-order valence-corrected chi connectivity index (χ1v) is 16.3. The molecule has 0 spiro atoms. The number of amides is 3. The first-order valence-electron chi connectivity index (χ1n) is 14.2. The Morgan fingerprint density at radius 3 is 2.20 bits per heavy atom. The molecule has 0 saturated carbocycles. The summed E-state index contributed by atoms with van der Waals surface area (Å²) in [5.41, 5.74) is 0.538. The minimum Gasteiger partial charge on any atom is -0.324 e. The van der Waals surface area contributed by atoms with Crippen molar-refractivity contribution in [3.63, 3.8) is 0 Å². The number of thioether (sulfide) groups is 1. The molecule has 3 amide bonds. The molecule has 2 aliphatic heterocycles. The number of para-hydroxylation sites is 1. The Morgan fingerprint density at radius 1 is 0.913 bits per heavy atom. The summed E-state index contributed by atoms with van der Waals surface area (Å²) in [5, 5.41) is 2.14. The van der Waals surface area contributed by atoms with E-state index in [0.29, 0.717) is 20.6 Å². The molecule has 3 heterocycles. The van der Waals surface area contributed by atoms with Crippen LogP contribution in [0, 0.1) is 5.92 Å². The standard InChI is InChI=1S/C33H27ClF3N3O4S2/c1-32(2,3)18-10-8-17(9-11-18)24-25-26(29(43)40(28(25)42)20-14-12-19(34)13-15-20)45-30-27(24)46-31(44)39(30)16-23(41)38-22-7-5-4-6-21(22)33(35,36)37/h4-15,24-26H,16H2,1-3H3,(H,38,41)/t24-,25-,26+/m0/s1. The number of carbonyl (C=O) groups is 3. The molecular weight excluding hydrogens is 659 g/mol. The van der Waals surface area contributed by atoms with Crippen LogP contribution in [0.1, 0.15) is 48.3 Å². The van der Waals surface area contributed by atoms with Gasteiger partial charge in [0.1, 0.15) is 11.8 Å². The van der Waals surface area contributed by atoms with E-state index in [1.54, 1.807) is 24.3 Å². The topological polar surface area (TPSA) is 88.5 Å². The minimum atomic E-state index is -4.70. The zero-order chi connectivity index (χ0) is 33.1. The molecule has 6 rings (SSSR count). The number of fused-ring (bicyclic) bond motifs is 2. The predicted octanol–water partition coefficient (Wildman–Crippen LogP) is 7.31. The van der Waals surface area contributed by atoms with Crippen molar-refractivity contribution in [1.82, 2.24) is 4.57 Å². The number of benzene rings is 3. The van der Waals surface area contributed by atoms with E-state index in [2.05, 4.69) is 26.1 Å². The zero-order valence-electron chi connectivity index (χ0n) is 24.7. The molecule has 7 nitrogen and oxygen atoms in total. The van der Waals surface area contributed by atoms with Crippen LogP contribution in [0.15, 0.2) is 82.6 Å². The molecule has 238 valence electrons. The van der Waals surface area contributed by atoms with Gasteiger partial charge in [-0.25, -0.2) is 4.90 Å². The van der Waals surface area contributed by atoms with Crippen molar-refractivity contribution in [2.24, 2.45) is 5.92 Å². The molecular formula is C33H27ClF3N3O4S2. The number of nitrogens with one attached hydrogen (secondary N) is 1. The van der Waals surface area contributed by atoms with Gasteiger partial charge in [0.2, 0.25) is 17.7 Å². The third-order valence-corrected chi connectivity index (χ3v) is 10.9. The molecule has 0 bridgehead atoms. The molecule has 3 atom stereocenters. The first-order chi connectivity index (χ1) is 21.6. The summed E-state index contributed by atoms with van der Waals surface area (Å²) < 4.78 is 41.8. The van der Waals surface area contributed by atoms with Gasteiger partial charge in [-0.3, -0.25) is 23.7 Å². The maximum absolute atomic E-state index is 14.1. The number of aromatic nitrogens is 1. The largest absolute Gasteiger partial charge is 0.418 e. The molecule has 0 unspecified atom stereocenters. The Bertz CT molecular complexity index is 1910. The quantitative estimate of drug-likeness (QED) is 0.223. The van der Waals surface area contributed by atoms with Crippen LogP contribution in [0.4, 0.5) is 24.5 Å². The Kier molecular flexibility index (Phi) is 8.19. The van der Waals surface area contributed by atoms with Gasteiger partial charge in [0.25, 0.3) is 0 Å². The number of hydrogen-bond acceptors (Lipinski definition) is 6. The van der Waals surface area contributed by atoms with Crippen LogP contribution in [0.5, 0.6) is 0 Å². The van der Waals surface area contributed by atoms with Gasteiger partial charge in [-0.15, -0.1) is 0 Å². The zero-order valence-corrected chi connectivity index (χ0v) is 27.1. The van der Waals surface area contributed by atoms with Gasteiger partial charge in [-0.2, -0.15) is 13.2 Å². The number of halogens is 4. The smallest absolute Gasteiger partial charge is 0.324 e. The number of anilines is 2. The van der Waals surface area contributed by atoms with E-state index in [0.717, 1.165) is 51.3 Å². The van der Waals surface area contributed by atoms with Gasteiger partial charge in [-0.1, -0.05) is 91.9 Å². The van der Waals surface area contributed by atoms with Crippen molar-refractivity contribution < 1.29 is 27.6 Å². The second kappa shape index (κ2) is 11.7. The van der Waals surface area contributed by atoms with Crippen LogP contribution >= 0.6 is 34.7 Å². The predicted molar refractivity (Wildman–Crippen MR) is 173 cm³/mol. The number of imide groups is 1. The van der Waals surface area contributed by atoms with Crippen molar-refractivity contribution in [1.29, 1.82) is 0 Å². The molecule has 1 fully saturated rings. The van der Waals surface area contributed by atoms with Crippen molar-refractivity contribution >= 4 is 63.8 Å². The fraction of sp³-hybridized carbons (Fsp3) is 0.273. The Hall–Kier alpha value is -3.87. The third-order valence-electron chi connectivity index (χ3n) is 8.08. The highest BCUT2D eigenvalue weighted by molar-refractivity contribution is 8.00. The van der Waals surface area contributed by atoms with Gasteiger partial charge in [0, 0.05) is 15.8 Å². The molecule has 46 heavy (non-hydrogen) atoms. The van der Waals surface area contributed by atoms with Crippen molar-refractivity contribution in [2.45, 2.75) is 55.1 Å². The normalized spacial score (nSPS) is 19.6. The Balaban J connectivity index is 1.41. The summed E-state index contributed by atoms with van der Waals surface area (Å²) in [6, 6.07) is 18.6. The monoisotopic (exact) mass is 685 g/mol. The summed E-state index contributed by atoms with van der Waals surface area (Å²) in [6.07, 6.45) is -4.70. The summed E-state index contributed by atoms with van der Waals surface area (Å²) >= 11 is 7.94. The van der Waals surface area contributed by atoms with Gasteiger partial charge in [-0.05, 0) is 52.9 Å². The highest BCUT2D eigenvalue weighted by Gasteiger charge is 2.57. The summed E-state index contributed by atoms with van der Waals surface area (Å²) in [4.78, 5) is 55.6. The van der Waals surface area contributed by atoms with Gasteiger partial charge in [0.15, 0.2) is 0 Å². The summed E-state index contributed by atoms with van der Waals surface area (Å²) in [6.45, 7) is 5.63. The fourth-order valence-electron chi connectivity index (χ4n) is 5.82. The van der Waals surface area contributed by atoms with E-state index in [9.17, 15) is 32.3 Å². The van der Waals surface area contributed by atoms with Crippen molar-refractivity contribution in [2.75, 3.05) is 10.2 Å². The molecule has 4 aromatic rings. The lowest BCUT2D eigenvalue weighted by Crippen LogP contribution is -2.33. The highest BCUT2D eigenvalue weighted by Crippen LogP contribution is 2.54. The number of carbonyl (C=O) groups excluding carboxylic acids is 3. The number of alkyl halides is 3. The van der Waals surface area contributed by atoms with Crippen LogP contribution in [0.3, 0.4) is 0 Å². The first kappa shape index (κ1) is 32.1. The van der Waals surface area contributed by atoms with Crippen LogP contribution in [0.2, 0.25) is 5.02 Å². The SMILES string of the molecule is CC(C)(C)c1ccc([C@@H]2c3sc(=O)n(CC(=O)Nc4ccccc4C(F)(F)F)c3S[C@H]3C(=O)N(c4ccc(Cl)cc4)C(=O)[C@@H]23)cc1. The third kappa shape index (κ3) is 5.78. The number of rotatable bonds is 5. The van der Waals surface area contributed by atoms with Crippen molar-refractivity contribution in [3.05, 3.63) is 109 Å². The van der Waals surface area contributed by atoms with Crippen LogP contribution in [-0.2, 0) is 32.5 Å². The van der Waals surface area contributed by atoms with E-state index >= 15 is 0 Å². The van der Waals surface area contributed by atoms with E-state index in [-0.39, 0.29) is 5.41 Å². The molecule has 1 N–H and O–H groups in total. The van der Waals surface area contributed by atoms with Crippen LogP contribution in [-0.4, -0.2) is 27.5 Å². The molecule has 13 heteroatoms. The van der Waals surface area contributed by atoms with E-state index in [4.69, 9.17) is 11.6 Å². The number of thiazole rings is 1. The molecule has 1 aromatic heterocycles. The minimum absolute atomic E-state index is 0.147. The average Bonchev–Trinajstić information content (AvgIpc) is 3.43. The maximum atomic E-state index is 14.1. The van der Waals surface area contributed by atoms with Crippen LogP contribution < -0.4 is 15.1 Å². The lowest BCUT2D eigenvalue weighted by Gasteiger charge is -2.31. The van der Waals surface area contributed by atoms with E-state index in [1.807, 2.05) is 24.3 Å².